The molecule has 1 amide bonds. The summed E-state index contributed by atoms with van der Waals surface area (Å²) in [6.45, 7) is 10.4. The average Bonchev–Trinajstić information content (AvgIpc) is 2.64. The smallest absolute Gasteiger partial charge is 0.251 e. The van der Waals surface area contributed by atoms with Crippen LogP contribution in [0.4, 0.5) is 0 Å². The van der Waals surface area contributed by atoms with Crippen LogP contribution < -0.4 is 14.8 Å². The van der Waals surface area contributed by atoms with Gasteiger partial charge >= 0.3 is 0 Å². The van der Waals surface area contributed by atoms with Gasteiger partial charge in [-0.3, -0.25) is 4.79 Å². The van der Waals surface area contributed by atoms with Crippen molar-refractivity contribution in [2.24, 2.45) is 0 Å². The van der Waals surface area contributed by atoms with Crippen molar-refractivity contribution < 1.29 is 14.3 Å². The van der Waals surface area contributed by atoms with E-state index < -0.39 is 0 Å². The summed E-state index contributed by atoms with van der Waals surface area (Å²) in [5, 5.41) is 3.11. The van der Waals surface area contributed by atoms with Gasteiger partial charge in [0.05, 0.1) is 14.2 Å². The van der Waals surface area contributed by atoms with Crippen LogP contribution in [0.5, 0.6) is 11.5 Å². The lowest BCUT2D eigenvalue weighted by Gasteiger charge is -2.40. The summed E-state index contributed by atoms with van der Waals surface area (Å²) >= 11 is 0. The maximum Gasteiger partial charge on any atom is 0.251 e. The number of carbonyl (C=O) groups is 1. The quantitative estimate of drug-likeness (QED) is 0.744. The predicted octanol–water partition coefficient (Wildman–Crippen LogP) is 3.22. The third-order valence-electron chi connectivity index (χ3n) is 5.46. The molecule has 1 aromatic carbocycles. The SMILES string of the molecule is CCCC1(CCN(CC)CC)CNC(=O)c2cc(OC)c(OC)cc21. The van der Waals surface area contributed by atoms with E-state index in [0.717, 1.165) is 50.0 Å². The van der Waals surface area contributed by atoms with Gasteiger partial charge in [-0.05, 0) is 50.2 Å². The highest BCUT2D eigenvalue weighted by molar-refractivity contribution is 5.98. The van der Waals surface area contributed by atoms with Crippen molar-refractivity contribution in [1.29, 1.82) is 0 Å². The highest BCUT2D eigenvalue weighted by atomic mass is 16.5. The molecular formula is C20H32N2O3. The Bertz CT molecular complexity index is 599. The van der Waals surface area contributed by atoms with E-state index in [4.69, 9.17) is 9.47 Å². The fourth-order valence-electron chi connectivity index (χ4n) is 3.91. The van der Waals surface area contributed by atoms with Gasteiger partial charge in [0.1, 0.15) is 0 Å². The molecule has 140 valence electrons. The summed E-state index contributed by atoms with van der Waals surface area (Å²) < 4.78 is 10.9. The van der Waals surface area contributed by atoms with E-state index in [2.05, 4.69) is 31.0 Å². The number of carbonyl (C=O) groups excluding carboxylic acids is 1. The summed E-state index contributed by atoms with van der Waals surface area (Å²) in [5.74, 6) is 1.28. The topological polar surface area (TPSA) is 50.8 Å². The van der Waals surface area contributed by atoms with E-state index in [1.165, 1.54) is 0 Å². The Morgan fingerprint density at radius 3 is 2.28 bits per heavy atom. The second kappa shape index (κ2) is 8.56. The van der Waals surface area contributed by atoms with E-state index in [9.17, 15) is 4.79 Å². The molecular weight excluding hydrogens is 316 g/mol. The van der Waals surface area contributed by atoms with Gasteiger partial charge in [0.25, 0.3) is 5.91 Å². The van der Waals surface area contributed by atoms with Crippen LogP contribution in [-0.2, 0) is 5.41 Å². The minimum absolute atomic E-state index is 0.0227. The Labute approximate surface area is 151 Å². The number of ether oxygens (including phenoxy) is 2. The first-order valence-electron chi connectivity index (χ1n) is 9.32. The molecule has 1 unspecified atom stereocenters. The van der Waals surface area contributed by atoms with Gasteiger partial charge in [0.2, 0.25) is 0 Å². The summed E-state index contributed by atoms with van der Waals surface area (Å²) in [5.41, 5.74) is 1.76. The zero-order valence-electron chi connectivity index (χ0n) is 16.3. The Hall–Kier alpha value is -1.75. The van der Waals surface area contributed by atoms with Crippen LogP contribution >= 0.6 is 0 Å². The molecule has 0 aromatic heterocycles. The van der Waals surface area contributed by atoms with Crippen LogP contribution in [0, 0.1) is 0 Å². The van der Waals surface area contributed by atoms with Crippen LogP contribution in [0.15, 0.2) is 12.1 Å². The van der Waals surface area contributed by atoms with Crippen molar-refractivity contribution in [3.63, 3.8) is 0 Å². The Balaban J connectivity index is 2.48. The molecule has 0 bridgehead atoms. The number of rotatable bonds is 9. The zero-order valence-corrected chi connectivity index (χ0v) is 16.3. The molecule has 1 atom stereocenters. The van der Waals surface area contributed by atoms with Gasteiger partial charge in [-0.2, -0.15) is 0 Å². The fourth-order valence-corrected chi connectivity index (χ4v) is 3.91. The number of amides is 1. The maximum absolute atomic E-state index is 12.5. The van der Waals surface area contributed by atoms with Crippen molar-refractivity contribution in [3.05, 3.63) is 23.3 Å². The van der Waals surface area contributed by atoms with E-state index in [1.54, 1.807) is 14.2 Å². The van der Waals surface area contributed by atoms with E-state index in [1.807, 2.05) is 12.1 Å². The Morgan fingerprint density at radius 1 is 1.08 bits per heavy atom. The standard InChI is InChI=1S/C20H32N2O3/c1-6-9-20(10-11-22(7-2)8-3)14-21-19(23)15-12-17(24-4)18(25-5)13-16(15)20/h12-13H,6-11,14H2,1-5H3,(H,21,23). The second-order valence-electron chi connectivity index (χ2n) is 6.74. The van der Waals surface area contributed by atoms with Crippen molar-refractivity contribution in [2.45, 2.75) is 45.4 Å². The van der Waals surface area contributed by atoms with Crippen LogP contribution in [0.25, 0.3) is 0 Å². The summed E-state index contributed by atoms with van der Waals surface area (Å²) in [6.07, 6.45) is 3.13. The number of nitrogens with one attached hydrogen (secondary N) is 1. The number of nitrogens with zero attached hydrogens (tertiary/aromatic N) is 1. The van der Waals surface area contributed by atoms with E-state index >= 15 is 0 Å². The van der Waals surface area contributed by atoms with Crippen molar-refractivity contribution >= 4 is 5.91 Å². The van der Waals surface area contributed by atoms with Crippen molar-refractivity contribution in [1.82, 2.24) is 10.2 Å². The first-order valence-corrected chi connectivity index (χ1v) is 9.32. The molecule has 0 fully saturated rings. The molecule has 0 saturated carbocycles. The normalized spacial score (nSPS) is 19.5. The Morgan fingerprint density at radius 2 is 1.72 bits per heavy atom. The predicted molar refractivity (Wildman–Crippen MR) is 101 cm³/mol. The van der Waals surface area contributed by atoms with Gasteiger partial charge in [0.15, 0.2) is 11.5 Å². The van der Waals surface area contributed by atoms with Gasteiger partial charge < -0.3 is 19.7 Å². The van der Waals surface area contributed by atoms with Crippen LogP contribution in [0.3, 0.4) is 0 Å². The van der Waals surface area contributed by atoms with E-state index in [-0.39, 0.29) is 11.3 Å². The average molecular weight is 348 g/mol. The van der Waals surface area contributed by atoms with E-state index in [0.29, 0.717) is 18.0 Å². The number of benzene rings is 1. The minimum atomic E-state index is -0.0554. The zero-order chi connectivity index (χ0) is 18.4. The molecule has 0 spiro atoms. The number of hydrogen-bond donors (Lipinski definition) is 1. The first kappa shape index (κ1) is 19.6. The molecule has 5 nitrogen and oxygen atoms in total. The molecule has 1 aromatic rings. The third-order valence-corrected chi connectivity index (χ3v) is 5.46. The van der Waals surface area contributed by atoms with Crippen LogP contribution in [0.2, 0.25) is 0 Å². The molecule has 25 heavy (non-hydrogen) atoms. The molecule has 1 aliphatic rings. The second-order valence-corrected chi connectivity index (χ2v) is 6.74. The minimum Gasteiger partial charge on any atom is -0.493 e. The molecule has 0 radical (unpaired) electrons. The lowest BCUT2D eigenvalue weighted by Crippen LogP contribution is -2.48. The van der Waals surface area contributed by atoms with Crippen LogP contribution in [-0.4, -0.2) is 51.2 Å². The Kier molecular flexibility index (Phi) is 6.71. The van der Waals surface area contributed by atoms with Gasteiger partial charge in [-0.1, -0.05) is 27.2 Å². The molecule has 0 aliphatic carbocycles. The summed E-state index contributed by atoms with van der Waals surface area (Å²) in [7, 11) is 3.25. The number of hydrogen-bond acceptors (Lipinski definition) is 4. The highest BCUT2D eigenvalue weighted by Gasteiger charge is 2.39. The molecule has 5 heteroatoms. The maximum atomic E-state index is 12.5. The van der Waals surface area contributed by atoms with Crippen molar-refractivity contribution in [2.75, 3.05) is 40.4 Å². The molecule has 1 heterocycles. The summed E-state index contributed by atoms with van der Waals surface area (Å²) in [6, 6.07) is 3.84. The van der Waals surface area contributed by atoms with Gasteiger partial charge in [-0.25, -0.2) is 0 Å². The molecule has 1 N–H and O–H groups in total. The first-order chi connectivity index (χ1) is 12.0. The summed E-state index contributed by atoms with van der Waals surface area (Å²) in [4.78, 5) is 14.9. The van der Waals surface area contributed by atoms with Crippen LogP contribution in [0.1, 0.15) is 56.0 Å². The highest BCUT2D eigenvalue weighted by Crippen LogP contribution is 2.42. The van der Waals surface area contributed by atoms with Gasteiger partial charge in [-0.15, -0.1) is 0 Å². The molecule has 0 saturated heterocycles. The monoisotopic (exact) mass is 348 g/mol. The number of methoxy groups -OCH3 is 2. The molecule has 1 aliphatic heterocycles. The number of fused-ring (bicyclic) bond motifs is 1. The largest absolute Gasteiger partial charge is 0.493 e. The van der Waals surface area contributed by atoms with Gasteiger partial charge in [0, 0.05) is 17.5 Å². The lowest BCUT2D eigenvalue weighted by atomic mass is 9.70. The van der Waals surface area contributed by atoms with Crippen molar-refractivity contribution in [3.8, 4) is 11.5 Å². The lowest BCUT2D eigenvalue weighted by molar-refractivity contribution is 0.0914. The third kappa shape index (κ3) is 3.92. The fraction of sp³-hybridized carbons (Fsp3) is 0.650. The molecule has 2 rings (SSSR count).